The van der Waals surface area contributed by atoms with Crippen molar-refractivity contribution in [1.82, 2.24) is 9.80 Å². The third kappa shape index (κ3) is 7.65. The first kappa shape index (κ1) is 16.4. The van der Waals surface area contributed by atoms with Crippen LogP contribution in [0.15, 0.2) is 0 Å². The van der Waals surface area contributed by atoms with Crippen LogP contribution in [0, 0.1) is 0 Å². The fourth-order valence-corrected chi connectivity index (χ4v) is 1.40. The summed E-state index contributed by atoms with van der Waals surface area (Å²) >= 11 is 0. The molecule has 104 valence electrons. The molecule has 0 aliphatic rings. The van der Waals surface area contributed by atoms with Gasteiger partial charge in [0.15, 0.2) is 0 Å². The van der Waals surface area contributed by atoms with Gasteiger partial charge in [0.05, 0.1) is 0 Å². The molecule has 0 aromatic heterocycles. The van der Waals surface area contributed by atoms with Gasteiger partial charge in [-0.25, -0.2) is 0 Å². The lowest BCUT2D eigenvalue weighted by Crippen LogP contribution is -2.28. The van der Waals surface area contributed by atoms with E-state index < -0.39 is 5.97 Å². The molecule has 1 N–H and O–H groups in total. The molecule has 0 aromatic carbocycles. The summed E-state index contributed by atoms with van der Waals surface area (Å²) < 4.78 is 0. The van der Waals surface area contributed by atoms with Crippen molar-refractivity contribution < 1.29 is 19.5 Å². The summed E-state index contributed by atoms with van der Waals surface area (Å²) in [7, 11) is 5.02. The van der Waals surface area contributed by atoms with Crippen LogP contribution in [0.4, 0.5) is 0 Å². The summed E-state index contributed by atoms with van der Waals surface area (Å²) in [6.45, 7) is 0.437. The highest BCUT2D eigenvalue weighted by molar-refractivity contribution is 5.78. The molecule has 0 heterocycles. The minimum atomic E-state index is -0.854. The molecule has 0 spiro atoms. The molecular weight excluding hydrogens is 236 g/mol. The first-order valence-electron chi connectivity index (χ1n) is 6.00. The molecule has 0 aliphatic heterocycles. The Morgan fingerprint density at radius 3 is 1.94 bits per heavy atom. The predicted molar refractivity (Wildman–Crippen MR) is 67.1 cm³/mol. The maximum absolute atomic E-state index is 11.6. The van der Waals surface area contributed by atoms with Crippen LogP contribution in [0.5, 0.6) is 0 Å². The first-order chi connectivity index (χ1) is 8.34. The lowest BCUT2D eigenvalue weighted by atomic mass is 10.2. The van der Waals surface area contributed by atoms with Gasteiger partial charge < -0.3 is 14.9 Å². The molecule has 18 heavy (non-hydrogen) atoms. The summed E-state index contributed by atoms with van der Waals surface area (Å²) in [5, 5.41) is 8.47. The molecule has 0 unspecified atom stereocenters. The SMILES string of the molecule is CN(C)C(=O)CCCC(=O)N(C)CCCC(=O)O. The third-order valence-electron chi connectivity index (χ3n) is 2.59. The normalized spacial score (nSPS) is 9.94. The maximum atomic E-state index is 11.6. The van der Waals surface area contributed by atoms with Gasteiger partial charge in [0.2, 0.25) is 11.8 Å². The molecule has 0 saturated heterocycles. The van der Waals surface area contributed by atoms with Gasteiger partial charge in [-0.1, -0.05) is 0 Å². The number of carboxylic acid groups (broad SMARTS) is 1. The Balaban J connectivity index is 3.74. The Kier molecular flexibility index (Phi) is 7.74. The van der Waals surface area contributed by atoms with Crippen molar-refractivity contribution in [2.45, 2.75) is 32.1 Å². The fraction of sp³-hybridized carbons (Fsp3) is 0.750. The smallest absolute Gasteiger partial charge is 0.303 e. The van der Waals surface area contributed by atoms with Gasteiger partial charge in [0.25, 0.3) is 0 Å². The number of rotatable bonds is 8. The highest BCUT2D eigenvalue weighted by atomic mass is 16.4. The Hall–Kier alpha value is -1.59. The number of carbonyl (C=O) groups is 3. The number of amides is 2. The van der Waals surface area contributed by atoms with Crippen LogP contribution >= 0.6 is 0 Å². The highest BCUT2D eigenvalue weighted by Crippen LogP contribution is 2.03. The van der Waals surface area contributed by atoms with E-state index in [4.69, 9.17) is 5.11 Å². The lowest BCUT2D eigenvalue weighted by Gasteiger charge is -2.16. The molecule has 0 bridgehead atoms. The number of hydrogen-bond acceptors (Lipinski definition) is 3. The van der Waals surface area contributed by atoms with Crippen LogP contribution in [-0.2, 0) is 14.4 Å². The van der Waals surface area contributed by atoms with E-state index in [-0.39, 0.29) is 18.2 Å². The monoisotopic (exact) mass is 258 g/mol. The largest absolute Gasteiger partial charge is 0.481 e. The second-order valence-corrected chi connectivity index (χ2v) is 4.45. The average Bonchev–Trinajstić information content (AvgIpc) is 2.27. The van der Waals surface area contributed by atoms with E-state index in [9.17, 15) is 14.4 Å². The van der Waals surface area contributed by atoms with Gasteiger partial charge in [-0.15, -0.1) is 0 Å². The molecule has 0 aliphatic carbocycles. The first-order valence-corrected chi connectivity index (χ1v) is 6.00. The number of hydrogen-bond donors (Lipinski definition) is 1. The van der Waals surface area contributed by atoms with Crippen LogP contribution in [0.3, 0.4) is 0 Å². The van der Waals surface area contributed by atoms with Gasteiger partial charge in [-0.2, -0.15) is 0 Å². The molecule has 0 fully saturated rings. The average molecular weight is 258 g/mol. The zero-order valence-electron chi connectivity index (χ0n) is 11.3. The Morgan fingerprint density at radius 1 is 0.889 bits per heavy atom. The van der Waals surface area contributed by atoms with E-state index in [2.05, 4.69) is 0 Å². The fourth-order valence-electron chi connectivity index (χ4n) is 1.40. The van der Waals surface area contributed by atoms with Gasteiger partial charge in [-0.3, -0.25) is 14.4 Å². The standard InChI is InChI=1S/C12H22N2O4/c1-13(2)10(15)6-4-7-11(16)14(3)9-5-8-12(17)18/h4-9H2,1-3H3,(H,17,18). The van der Waals surface area contributed by atoms with E-state index in [0.717, 1.165) is 0 Å². The molecule has 6 heteroatoms. The minimum Gasteiger partial charge on any atom is -0.481 e. The van der Waals surface area contributed by atoms with Crippen molar-refractivity contribution in [1.29, 1.82) is 0 Å². The van der Waals surface area contributed by atoms with E-state index in [1.54, 1.807) is 21.1 Å². The van der Waals surface area contributed by atoms with Crippen LogP contribution in [0.25, 0.3) is 0 Å². The van der Waals surface area contributed by atoms with E-state index in [0.29, 0.717) is 32.2 Å². The number of nitrogens with zero attached hydrogens (tertiary/aromatic N) is 2. The second kappa shape index (κ2) is 8.49. The van der Waals surface area contributed by atoms with Crippen molar-refractivity contribution in [2.24, 2.45) is 0 Å². The zero-order chi connectivity index (χ0) is 14.1. The van der Waals surface area contributed by atoms with E-state index >= 15 is 0 Å². The van der Waals surface area contributed by atoms with Crippen LogP contribution in [0.1, 0.15) is 32.1 Å². The zero-order valence-corrected chi connectivity index (χ0v) is 11.3. The predicted octanol–water partition coefficient (Wildman–Crippen LogP) is 0.568. The molecular formula is C12H22N2O4. The van der Waals surface area contributed by atoms with Crippen LogP contribution < -0.4 is 0 Å². The van der Waals surface area contributed by atoms with Crippen molar-refractivity contribution in [2.75, 3.05) is 27.7 Å². The van der Waals surface area contributed by atoms with Crippen molar-refractivity contribution in [3.05, 3.63) is 0 Å². The lowest BCUT2D eigenvalue weighted by molar-refractivity contribution is -0.138. The van der Waals surface area contributed by atoms with E-state index in [1.165, 1.54) is 9.80 Å². The van der Waals surface area contributed by atoms with Crippen molar-refractivity contribution in [3.8, 4) is 0 Å². The Morgan fingerprint density at radius 2 is 1.44 bits per heavy atom. The number of aliphatic carboxylic acids is 1. The van der Waals surface area contributed by atoms with Crippen molar-refractivity contribution in [3.63, 3.8) is 0 Å². The van der Waals surface area contributed by atoms with Crippen LogP contribution in [-0.4, -0.2) is 60.4 Å². The van der Waals surface area contributed by atoms with Crippen molar-refractivity contribution >= 4 is 17.8 Å². The van der Waals surface area contributed by atoms with Gasteiger partial charge >= 0.3 is 5.97 Å². The third-order valence-corrected chi connectivity index (χ3v) is 2.59. The Labute approximate surface area is 108 Å². The molecule has 0 rings (SSSR count). The Bertz CT molecular complexity index is 302. The molecule has 2 amide bonds. The quantitative estimate of drug-likeness (QED) is 0.690. The number of carboxylic acids is 1. The van der Waals surface area contributed by atoms with Gasteiger partial charge in [0, 0.05) is 47.0 Å². The van der Waals surface area contributed by atoms with E-state index in [1.807, 2.05) is 0 Å². The summed E-state index contributed by atoms with van der Waals surface area (Å²) in [6, 6.07) is 0. The molecule has 0 aromatic rings. The number of carbonyl (C=O) groups excluding carboxylic acids is 2. The summed E-state index contributed by atoms with van der Waals surface area (Å²) in [4.78, 5) is 36.2. The summed E-state index contributed by atoms with van der Waals surface area (Å²) in [6.07, 6.45) is 1.73. The molecule has 0 radical (unpaired) electrons. The minimum absolute atomic E-state index is 0.0105. The summed E-state index contributed by atoms with van der Waals surface area (Å²) in [5.74, 6) is -0.893. The van der Waals surface area contributed by atoms with Gasteiger partial charge in [-0.05, 0) is 12.8 Å². The second-order valence-electron chi connectivity index (χ2n) is 4.45. The molecule has 0 saturated carbocycles. The van der Waals surface area contributed by atoms with Gasteiger partial charge in [0.1, 0.15) is 0 Å². The highest BCUT2D eigenvalue weighted by Gasteiger charge is 2.10. The van der Waals surface area contributed by atoms with Crippen LogP contribution in [0.2, 0.25) is 0 Å². The summed E-state index contributed by atoms with van der Waals surface area (Å²) in [5.41, 5.74) is 0. The molecule has 0 atom stereocenters. The maximum Gasteiger partial charge on any atom is 0.303 e. The molecule has 6 nitrogen and oxygen atoms in total. The topological polar surface area (TPSA) is 77.9 Å².